The smallest absolute Gasteiger partial charge is 0.413 e. The Kier molecular flexibility index (Phi) is 6.67. The van der Waals surface area contributed by atoms with Gasteiger partial charge in [-0.05, 0) is 31.5 Å². The number of nitrogens with one attached hydrogen (secondary N) is 1. The van der Waals surface area contributed by atoms with Gasteiger partial charge in [-0.1, -0.05) is 23.9 Å². The first-order valence-corrected chi connectivity index (χ1v) is 6.79. The van der Waals surface area contributed by atoms with E-state index >= 15 is 0 Å². The van der Waals surface area contributed by atoms with Gasteiger partial charge in [-0.15, -0.1) is 0 Å². The predicted octanol–water partition coefficient (Wildman–Crippen LogP) is 2.66. The summed E-state index contributed by atoms with van der Waals surface area (Å²) in [7, 11) is 0. The summed E-state index contributed by atoms with van der Waals surface area (Å²) in [6, 6.07) is 7.53. The number of ether oxygens (including phenoxy) is 1. The summed E-state index contributed by atoms with van der Waals surface area (Å²) in [5, 5.41) is 2.86. The fourth-order valence-electron chi connectivity index (χ4n) is 1.28. The van der Waals surface area contributed by atoms with Crippen LogP contribution in [0.25, 0.3) is 0 Å². The average molecular weight is 280 g/mol. The number of hydrogen-bond acceptors (Lipinski definition) is 5. The first-order valence-electron chi connectivity index (χ1n) is 5.81. The summed E-state index contributed by atoms with van der Waals surface area (Å²) in [5.74, 6) is 0.219. The van der Waals surface area contributed by atoms with Crippen molar-refractivity contribution in [2.24, 2.45) is 4.99 Å². The normalized spacial score (nSPS) is 10.9. The summed E-state index contributed by atoms with van der Waals surface area (Å²) in [5.41, 5.74) is 1.78. The molecule has 0 unspecified atom stereocenters. The lowest BCUT2D eigenvalue weighted by molar-refractivity contribution is -0.105. The molecular formula is C13H16N2O3S. The van der Waals surface area contributed by atoms with Crippen molar-refractivity contribution in [1.82, 2.24) is 5.32 Å². The number of alkyl carbamates (subject to hydrolysis) is 1. The Bertz CT molecular complexity index is 475. The van der Waals surface area contributed by atoms with Crippen LogP contribution < -0.4 is 5.32 Å². The monoisotopic (exact) mass is 280 g/mol. The zero-order valence-corrected chi connectivity index (χ0v) is 11.7. The second-order valence-electron chi connectivity index (χ2n) is 3.58. The number of rotatable bonds is 4. The van der Waals surface area contributed by atoms with Gasteiger partial charge < -0.3 is 9.53 Å². The van der Waals surface area contributed by atoms with Crippen LogP contribution in [0.3, 0.4) is 0 Å². The van der Waals surface area contributed by atoms with Crippen molar-refractivity contribution in [3.63, 3.8) is 0 Å². The third-order valence-electron chi connectivity index (χ3n) is 2.00. The van der Waals surface area contributed by atoms with Gasteiger partial charge in [0.1, 0.15) is 6.29 Å². The van der Waals surface area contributed by atoms with Crippen molar-refractivity contribution in [3.05, 3.63) is 29.8 Å². The topological polar surface area (TPSA) is 67.8 Å². The Morgan fingerprint density at radius 2 is 2.32 bits per heavy atom. The fourth-order valence-corrected chi connectivity index (χ4v) is 1.83. The first-order chi connectivity index (χ1) is 9.15. The Labute approximate surface area is 116 Å². The Hall–Kier alpha value is -1.82. The third-order valence-corrected chi connectivity index (χ3v) is 2.77. The molecule has 102 valence electrons. The maximum absolute atomic E-state index is 11.4. The van der Waals surface area contributed by atoms with Gasteiger partial charge >= 0.3 is 6.09 Å². The number of hydrogen-bond donors (Lipinski definition) is 1. The van der Waals surface area contributed by atoms with E-state index in [1.54, 1.807) is 6.92 Å². The van der Waals surface area contributed by atoms with Gasteiger partial charge in [0.25, 0.3) is 0 Å². The second kappa shape index (κ2) is 8.31. The lowest BCUT2D eigenvalue weighted by atomic mass is 10.2. The lowest BCUT2D eigenvalue weighted by Gasteiger charge is -2.07. The third kappa shape index (κ3) is 6.05. The molecule has 1 amide bonds. The highest BCUT2D eigenvalue weighted by Crippen LogP contribution is 2.16. The molecule has 0 aliphatic rings. The van der Waals surface area contributed by atoms with Crippen LogP contribution in [0.2, 0.25) is 0 Å². The van der Waals surface area contributed by atoms with Crippen LogP contribution in [0.4, 0.5) is 10.5 Å². The molecule has 1 aromatic rings. The van der Waals surface area contributed by atoms with E-state index in [2.05, 4.69) is 10.3 Å². The molecule has 19 heavy (non-hydrogen) atoms. The highest BCUT2D eigenvalue weighted by Gasteiger charge is 2.07. The van der Waals surface area contributed by atoms with Gasteiger partial charge in [0, 0.05) is 0 Å². The summed E-state index contributed by atoms with van der Waals surface area (Å²) in [6.45, 7) is 3.95. The molecule has 0 aromatic heterocycles. The molecule has 0 atom stereocenters. The molecule has 0 aliphatic carbocycles. The molecule has 1 aromatic carbocycles. The number of aldehydes is 1. The second-order valence-corrected chi connectivity index (χ2v) is 4.59. The number of thioether (sulfide) groups is 1. The van der Waals surface area contributed by atoms with E-state index in [-0.39, 0.29) is 12.4 Å². The molecule has 0 fully saturated rings. The van der Waals surface area contributed by atoms with E-state index in [1.165, 1.54) is 0 Å². The molecule has 1 N–H and O–H groups in total. The highest BCUT2D eigenvalue weighted by molar-refractivity contribution is 8.14. The largest absolute Gasteiger partial charge is 0.450 e. The van der Waals surface area contributed by atoms with Crippen molar-refractivity contribution in [1.29, 1.82) is 0 Å². The van der Waals surface area contributed by atoms with Crippen LogP contribution >= 0.6 is 11.8 Å². The molecule has 0 aliphatic heterocycles. The Morgan fingerprint density at radius 3 is 2.95 bits per heavy atom. The van der Waals surface area contributed by atoms with Crippen LogP contribution in [0, 0.1) is 6.92 Å². The molecule has 0 saturated heterocycles. The van der Waals surface area contributed by atoms with Gasteiger partial charge in [-0.25, -0.2) is 9.79 Å². The molecule has 0 radical (unpaired) electrons. The van der Waals surface area contributed by atoms with Crippen molar-refractivity contribution < 1.29 is 14.3 Å². The van der Waals surface area contributed by atoms with Crippen molar-refractivity contribution in [3.8, 4) is 0 Å². The van der Waals surface area contributed by atoms with Gasteiger partial charge in [0.05, 0.1) is 18.0 Å². The zero-order chi connectivity index (χ0) is 14.1. The van der Waals surface area contributed by atoms with Gasteiger partial charge in [0.15, 0.2) is 5.17 Å². The molecule has 0 heterocycles. The van der Waals surface area contributed by atoms with Crippen molar-refractivity contribution in [2.45, 2.75) is 13.8 Å². The minimum absolute atomic E-state index is 0.219. The van der Waals surface area contributed by atoms with E-state index in [1.807, 2.05) is 31.2 Å². The number of nitrogens with zero attached hydrogens (tertiary/aromatic N) is 1. The molecule has 1 rings (SSSR count). The maximum Gasteiger partial charge on any atom is 0.413 e. The molecule has 0 spiro atoms. The summed E-state index contributed by atoms with van der Waals surface area (Å²) >= 11 is 1.15. The van der Waals surface area contributed by atoms with Crippen molar-refractivity contribution in [2.75, 3.05) is 12.4 Å². The Balaban J connectivity index is 2.82. The maximum atomic E-state index is 11.4. The van der Waals surface area contributed by atoms with E-state index < -0.39 is 6.09 Å². The van der Waals surface area contributed by atoms with Crippen LogP contribution in [0.5, 0.6) is 0 Å². The van der Waals surface area contributed by atoms with Gasteiger partial charge in [0.2, 0.25) is 0 Å². The van der Waals surface area contributed by atoms with Gasteiger partial charge in [-0.3, -0.25) is 5.32 Å². The van der Waals surface area contributed by atoms with Gasteiger partial charge in [-0.2, -0.15) is 0 Å². The number of aryl methyl sites for hydroxylation is 1. The van der Waals surface area contributed by atoms with E-state index in [0.717, 1.165) is 23.6 Å². The Morgan fingerprint density at radius 1 is 1.53 bits per heavy atom. The molecule has 0 saturated carbocycles. The number of benzene rings is 1. The summed E-state index contributed by atoms with van der Waals surface area (Å²) in [4.78, 5) is 26.1. The number of amides is 1. The molecule has 0 bridgehead atoms. The van der Waals surface area contributed by atoms with E-state index in [4.69, 9.17) is 4.74 Å². The standard InChI is InChI=1S/C13H16N2O3S/c1-3-18-13(17)15-12(19-8-7-16)14-11-6-4-5-10(2)9-11/h4-7,9H,3,8H2,1-2H3,(H,14,15,17). The van der Waals surface area contributed by atoms with E-state index in [0.29, 0.717) is 10.9 Å². The van der Waals surface area contributed by atoms with Crippen LogP contribution in [-0.4, -0.2) is 29.9 Å². The molecular weight excluding hydrogens is 264 g/mol. The highest BCUT2D eigenvalue weighted by atomic mass is 32.2. The van der Waals surface area contributed by atoms with Crippen molar-refractivity contribution >= 4 is 35.0 Å². The number of carbonyl (C=O) groups is 2. The summed E-state index contributed by atoms with van der Waals surface area (Å²) in [6.07, 6.45) is 0.177. The quantitative estimate of drug-likeness (QED) is 0.523. The van der Waals surface area contributed by atoms with E-state index in [9.17, 15) is 9.59 Å². The number of amidine groups is 1. The van der Waals surface area contributed by atoms with Crippen LogP contribution in [0.1, 0.15) is 12.5 Å². The minimum Gasteiger partial charge on any atom is -0.450 e. The molecule has 6 heteroatoms. The predicted molar refractivity (Wildman–Crippen MR) is 77.0 cm³/mol. The lowest BCUT2D eigenvalue weighted by Crippen LogP contribution is -2.29. The number of aliphatic imine (C=N–C) groups is 1. The van der Waals surface area contributed by atoms with Crippen LogP contribution in [0.15, 0.2) is 29.3 Å². The minimum atomic E-state index is -0.577. The fraction of sp³-hybridized carbons (Fsp3) is 0.308. The SMILES string of the molecule is CCOC(=O)NC(=Nc1cccc(C)c1)SCC=O. The first kappa shape index (κ1) is 15.2. The number of carbonyl (C=O) groups excluding carboxylic acids is 2. The molecule has 5 nitrogen and oxygen atoms in total. The summed E-state index contributed by atoms with van der Waals surface area (Å²) < 4.78 is 4.78. The zero-order valence-electron chi connectivity index (χ0n) is 10.9. The average Bonchev–Trinajstić information content (AvgIpc) is 2.36. The van der Waals surface area contributed by atoms with Crippen LogP contribution in [-0.2, 0) is 9.53 Å².